The van der Waals surface area contributed by atoms with E-state index in [-0.39, 0.29) is 5.54 Å². The molecule has 0 aliphatic carbocycles. The van der Waals surface area contributed by atoms with E-state index in [2.05, 4.69) is 36.4 Å². The first kappa shape index (κ1) is 12.2. The molecule has 1 aromatic heterocycles. The monoisotopic (exact) mass is 250 g/mol. The van der Waals surface area contributed by atoms with Gasteiger partial charge in [-0.05, 0) is 52.0 Å². The van der Waals surface area contributed by atoms with E-state index in [4.69, 9.17) is 17.0 Å². The molecule has 0 saturated carbocycles. The number of fused-ring (bicyclic) bond motifs is 1. The molecule has 1 aromatic carbocycles. The first-order chi connectivity index (χ1) is 7.95. The van der Waals surface area contributed by atoms with Gasteiger partial charge in [0.1, 0.15) is 11.3 Å². The van der Waals surface area contributed by atoms with Gasteiger partial charge in [-0.15, -0.1) is 0 Å². The van der Waals surface area contributed by atoms with Gasteiger partial charge in [-0.2, -0.15) is 0 Å². The Bertz CT molecular complexity index is 589. The van der Waals surface area contributed by atoms with Crippen LogP contribution in [0.15, 0.2) is 18.2 Å². The predicted molar refractivity (Wildman–Crippen MR) is 73.3 cm³/mol. The highest BCUT2D eigenvalue weighted by Gasteiger charge is 2.18. The van der Waals surface area contributed by atoms with Crippen molar-refractivity contribution in [3.8, 4) is 5.75 Å². The summed E-state index contributed by atoms with van der Waals surface area (Å²) in [7, 11) is 0. The van der Waals surface area contributed by atoms with E-state index in [0.717, 1.165) is 21.6 Å². The van der Waals surface area contributed by atoms with Crippen LogP contribution in [0.25, 0.3) is 11.0 Å². The molecule has 0 aliphatic rings. The number of nitrogens with one attached hydrogen (secondary N) is 1. The standard InChI is InChI=1S/C13H18N2OS/c1-5-16-10-8-6-7-9-11(10)14-12(17)15(9)13(2,3)4/h6-8H,5H2,1-4H3,(H,14,17). The molecule has 0 spiro atoms. The van der Waals surface area contributed by atoms with Gasteiger partial charge in [0.15, 0.2) is 4.77 Å². The van der Waals surface area contributed by atoms with Crippen molar-refractivity contribution in [2.24, 2.45) is 0 Å². The Morgan fingerprint density at radius 1 is 1.35 bits per heavy atom. The van der Waals surface area contributed by atoms with Crippen LogP contribution in [0.4, 0.5) is 0 Å². The highest BCUT2D eigenvalue weighted by atomic mass is 32.1. The summed E-state index contributed by atoms with van der Waals surface area (Å²) in [5.41, 5.74) is 2.03. The van der Waals surface area contributed by atoms with E-state index < -0.39 is 0 Å². The van der Waals surface area contributed by atoms with Crippen molar-refractivity contribution in [1.82, 2.24) is 9.55 Å². The molecule has 3 nitrogen and oxygen atoms in total. The van der Waals surface area contributed by atoms with E-state index in [1.165, 1.54) is 0 Å². The third kappa shape index (κ3) is 2.09. The minimum absolute atomic E-state index is 0.0415. The summed E-state index contributed by atoms with van der Waals surface area (Å²) < 4.78 is 8.47. The van der Waals surface area contributed by atoms with Crippen LogP contribution >= 0.6 is 12.2 Å². The maximum Gasteiger partial charge on any atom is 0.178 e. The Labute approximate surface area is 106 Å². The highest BCUT2D eigenvalue weighted by molar-refractivity contribution is 7.71. The Morgan fingerprint density at radius 3 is 2.65 bits per heavy atom. The summed E-state index contributed by atoms with van der Waals surface area (Å²) >= 11 is 5.40. The van der Waals surface area contributed by atoms with E-state index in [1.807, 2.05) is 19.1 Å². The summed E-state index contributed by atoms with van der Waals surface area (Å²) in [4.78, 5) is 3.24. The van der Waals surface area contributed by atoms with Gasteiger partial charge in [0.25, 0.3) is 0 Å². The Hall–Kier alpha value is -1.29. The van der Waals surface area contributed by atoms with Gasteiger partial charge < -0.3 is 14.3 Å². The minimum Gasteiger partial charge on any atom is -0.492 e. The number of H-pyrrole nitrogens is 1. The van der Waals surface area contributed by atoms with E-state index in [9.17, 15) is 0 Å². The third-order valence-corrected chi connectivity index (χ3v) is 2.94. The van der Waals surface area contributed by atoms with Crippen LogP contribution < -0.4 is 4.74 Å². The van der Waals surface area contributed by atoms with Gasteiger partial charge in [-0.25, -0.2) is 0 Å². The molecule has 2 rings (SSSR count). The minimum atomic E-state index is -0.0415. The van der Waals surface area contributed by atoms with Gasteiger partial charge >= 0.3 is 0 Å². The zero-order valence-electron chi connectivity index (χ0n) is 10.7. The summed E-state index contributed by atoms with van der Waals surface area (Å²) in [6, 6.07) is 6.03. The second-order valence-corrected chi connectivity index (χ2v) is 5.41. The lowest BCUT2D eigenvalue weighted by atomic mass is 10.1. The number of ether oxygens (including phenoxy) is 1. The normalized spacial score (nSPS) is 12.0. The highest BCUT2D eigenvalue weighted by Crippen LogP contribution is 2.29. The zero-order valence-corrected chi connectivity index (χ0v) is 11.5. The second-order valence-electron chi connectivity index (χ2n) is 5.02. The molecule has 0 radical (unpaired) electrons. The molecule has 0 bridgehead atoms. The maximum atomic E-state index is 5.61. The van der Waals surface area contributed by atoms with Gasteiger partial charge in [-0.1, -0.05) is 6.07 Å². The lowest BCUT2D eigenvalue weighted by Crippen LogP contribution is -2.21. The molecule has 0 fully saturated rings. The number of aromatic nitrogens is 2. The number of nitrogens with zero attached hydrogens (tertiary/aromatic N) is 1. The molecule has 17 heavy (non-hydrogen) atoms. The molecule has 1 heterocycles. The fourth-order valence-electron chi connectivity index (χ4n) is 2.05. The smallest absolute Gasteiger partial charge is 0.178 e. The van der Waals surface area contributed by atoms with Crippen LogP contribution in [-0.4, -0.2) is 16.2 Å². The number of aromatic amines is 1. The van der Waals surface area contributed by atoms with Crippen LogP contribution in [0.3, 0.4) is 0 Å². The van der Waals surface area contributed by atoms with Gasteiger partial charge in [0, 0.05) is 5.54 Å². The molecular weight excluding hydrogens is 232 g/mol. The number of imidazole rings is 1. The third-order valence-electron chi connectivity index (χ3n) is 2.65. The number of hydrogen-bond donors (Lipinski definition) is 1. The fourth-order valence-corrected chi connectivity index (χ4v) is 2.52. The van der Waals surface area contributed by atoms with Crippen LogP contribution in [0.5, 0.6) is 5.75 Å². The maximum absolute atomic E-state index is 5.61. The summed E-state index contributed by atoms with van der Waals surface area (Å²) in [5, 5.41) is 0. The van der Waals surface area contributed by atoms with Gasteiger partial charge in [0.05, 0.1) is 12.1 Å². The second kappa shape index (κ2) is 4.18. The molecule has 0 atom stereocenters. The summed E-state index contributed by atoms with van der Waals surface area (Å²) in [6.45, 7) is 9.06. The van der Waals surface area contributed by atoms with Crippen molar-refractivity contribution < 1.29 is 4.74 Å². The van der Waals surface area contributed by atoms with Crippen LogP contribution in [0.1, 0.15) is 27.7 Å². The largest absolute Gasteiger partial charge is 0.492 e. The topological polar surface area (TPSA) is 29.9 Å². The van der Waals surface area contributed by atoms with E-state index in [1.54, 1.807) is 0 Å². The lowest BCUT2D eigenvalue weighted by Gasteiger charge is -2.21. The van der Waals surface area contributed by atoms with Crippen molar-refractivity contribution in [2.45, 2.75) is 33.2 Å². The zero-order chi connectivity index (χ0) is 12.6. The van der Waals surface area contributed by atoms with Crippen molar-refractivity contribution in [2.75, 3.05) is 6.61 Å². The first-order valence-electron chi connectivity index (χ1n) is 5.82. The average Bonchev–Trinajstić information content (AvgIpc) is 2.55. The Morgan fingerprint density at radius 2 is 2.06 bits per heavy atom. The molecule has 1 N–H and O–H groups in total. The molecular formula is C13H18N2OS. The van der Waals surface area contributed by atoms with Crippen LogP contribution in [0, 0.1) is 4.77 Å². The summed E-state index contributed by atoms with van der Waals surface area (Å²) in [6.07, 6.45) is 0. The van der Waals surface area contributed by atoms with E-state index in [0.29, 0.717) is 6.61 Å². The quantitative estimate of drug-likeness (QED) is 0.820. The molecule has 0 aliphatic heterocycles. The predicted octanol–water partition coefficient (Wildman–Crippen LogP) is 3.85. The molecule has 4 heteroatoms. The number of hydrogen-bond acceptors (Lipinski definition) is 2. The Balaban J connectivity index is 2.77. The number of para-hydroxylation sites is 1. The van der Waals surface area contributed by atoms with Crippen LogP contribution in [0.2, 0.25) is 0 Å². The van der Waals surface area contributed by atoms with Crippen molar-refractivity contribution in [1.29, 1.82) is 0 Å². The molecule has 0 saturated heterocycles. The Kier molecular flexibility index (Phi) is 3.00. The van der Waals surface area contributed by atoms with E-state index >= 15 is 0 Å². The SMILES string of the molecule is CCOc1cccc2c1[nH]c(=S)n2C(C)(C)C. The molecule has 0 unspecified atom stereocenters. The van der Waals surface area contributed by atoms with Crippen molar-refractivity contribution >= 4 is 23.3 Å². The van der Waals surface area contributed by atoms with Gasteiger partial charge in [-0.3, -0.25) is 0 Å². The van der Waals surface area contributed by atoms with Crippen molar-refractivity contribution in [3.63, 3.8) is 0 Å². The molecule has 92 valence electrons. The average molecular weight is 250 g/mol. The summed E-state index contributed by atoms with van der Waals surface area (Å²) in [5.74, 6) is 0.860. The first-order valence-corrected chi connectivity index (χ1v) is 6.23. The lowest BCUT2D eigenvalue weighted by molar-refractivity contribution is 0.343. The fraction of sp³-hybridized carbons (Fsp3) is 0.462. The van der Waals surface area contributed by atoms with Crippen molar-refractivity contribution in [3.05, 3.63) is 23.0 Å². The molecule has 0 amide bonds. The van der Waals surface area contributed by atoms with Crippen LogP contribution in [-0.2, 0) is 5.54 Å². The number of rotatable bonds is 2. The number of benzene rings is 1. The molecule has 2 aromatic rings. The van der Waals surface area contributed by atoms with Gasteiger partial charge in [0.2, 0.25) is 0 Å².